The summed E-state index contributed by atoms with van der Waals surface area (Å²) in [7, 11) is 3.41. The minimum absolute atomic E-state index is 0.130. The van der Waals surface area contributed by atoms with Crippen molar-refractivity contribution in [3.63, 3.8) is 0 Å². The molecular weight excluding hydrogens is 761 g/mol. The Balaban J connectivity index is 2.10. The van der Waals surface area contributed by atoms with Crippen molar-refractivity contribution >= 4 is 40.1 Å². The van der Waals surface area contributed by atoms with E-state index < -0.39 is 75.3 Å². The van der Waals surface area contributed by atoms with E-state index in [1.807, 2.05) is 32.7 Å². The Morgan fingerprint density at radius 3 is 2.36 bits per heavy atom. The summed E-state index contributed by atoms with van der Waals surface area (Å²) in [6.07, 6.45) is 3.23. The molecule has 0 aromatic heterocycles. The van der Waals surface area contributed by atoms with Crippen LogP contribution in [0.1, 0.15) is 80.6 Å². The van der Waals surface area contributed by atoms with E-state index in [9.17, 15) is 24.9 Å². The molecule has 0 saturated carbocycles. The molecule has 3 heterocycles. The number of ketones is 1. The lowest BCUT2D eigenvalue weighted by Crippen LogP contribution is -2.60. The number of piperidine rings is 1. The van der Waals surface area contributed by atoms with Crippen LogP contribution in [0.5, 0.6) is 0 Å². The quantitative estimate of drug-likeness (QED) is 0.0707. The average molecular weight is 822 g/mol. The molecule has 13 nitrogen and oxygen atoms in total. The molecule has 50 heavy (non-hydrogen) atoms. The second kappa shape index (κ2) is 18.6. The van der Waals surface area contributed by atoms with Crippen molar-refractivity contribution in [1.29, 1.82) is 0 Å². The second-order valence-corrected chi connectivity index (χ2v) is 16.0. The molecular formula is C36H60IN3O10. The van der Waals surface area contributed by atoms with Gasteiger partial charge in [0.15, 0.2) is 16.2 Å². The number of carbonyl (C=O) groups excluding carboxylic acids is 2. The largest absolute Gasteiger partial charge is 0.448 e. The highest BCUT2D eigenvalue weighted by Crippen LogP contribution is 2.39. The highest BCUT2D eigenvalue weighted by Gasteiger charge is 2.51. The number of ether oxygens (including phenoxy) is 4. The fourth-order valence-corrected chi connectivity index (χ4v) is 8.01. The number of aliphatic hydroxyl groups excluding tert-OH is 2. The average Bonchev–Trinajstić information content (AvgIpc) is 3.09. The lowest BCUT2D eigenvalue weighted by Gasteiger charge is -2.47. The molecule has 3 fully saturated rings. The number of rotatable bonds is 8. The van der Waals surface area contributed by atoms with Gasteiger partial charge in [-0.2, -0.15) is 0 Å². The number of nitrogens with one attached hydrogen (secondary N) is 1. The van der Waals surface area contributed by atoms with E-state index in [2.05, 4.69) is 16.4 Å². The van der Waals surface area contributed by atoms with Crippen LogP contribution >= 0.6 is 22.6 Å². The minimum Gasteiger partial charge on any atom is -0.448 e. The van der Waals surface area contributed by atoms with Gasteiger partial charge in [0.2, 0.25) is 0 Å². The molecule has 3 saturated heterocycles. The first-order valence-electron chi connectivity index (χ1n) is 17.8. The molecule has 4 N–H and O–H groups in total. The number of carbonyl (C=O) groups is 2. The predicted octanol–water partition coefficient (Wildman–Crippen LogP) is 2.65. The first-order chi connectivity index (χ1) is 23.4. The SMILES string of the molecule is C#CCCN(C)[C@H]1C[C@@H](C)O[C@@H](O[C@@H]2[C@@H](C)C(=O)[C@@H](C)C(=O)O[C@H](I)[C@@](C)(O)[C@H](O)[C@@H](C)/C(=N/OC3CCNCC3)[C@H](C)C[C@@]2(C)OC)[C@@H]1O. The van der Waals surface area contributed by atoms with Gasteiger partial charge < -0.3 is 44.4 Å². The van der Waals surface area contributed by atoms with Crippen LogP contribution in [0.3, 0.4) is 0 Å². The van der Waals surface area contributed by atoms with Crippen molar-refractivity contribution in [2.75, 3.05) is 33.8 Å². The first-order valence-corrected chi connectivity index (χ1v) is 19.0. The normalized spacial score (nSPS) is 42.5. The zero-order valence-corrected chi connectivity index (χ0v) is 33.3. The van der Waals surface area contributed by atoms with Gasteiger partial charge in [-0.3, -0.25) is 14.5 Å². The standard InChI is InChI=1S/C36H60IN3O10/c1-11-12-17-40(9)26-18-21(3)47-33(29(26)42)48-31-23(5)28(41)24(6)32(44)49-34(37)36(8,45)30(43)22(4)27(20(2)19-35(31,7)46-10)39-50-25-13-15-38-16-14-25/h1,20-26,29-31,33-34,38,42-43,45H,12-19H2,2-10H3/b39-27+/t20-,21-,22+,23+,24-,26+,29-,30-,31-,33+,34+,35-,36+/m1/s1. The highest BCUT2D eigenvalue weighted by atomic mass is 127. The van der Waals surface area contributed by atoms with E-state index >= 15 is 0 Å². The summed E-state index contributed by atoms with van der Waals surface area (Å²) in [4.78, 5) is 35.5. The second-order valence-electron chi connectivity index (χ2n) is 14.9. The Morgan fingerprint density at radius 2 is 1.76 bits per heavy atom. The summed E-state index contributed by atoms with van der Waals surface area (Å²) < 4.78 is 23.5. The molecule has 13 atom stereocenters. The molecule has 0 aliphatic carbocycles. The molecule has 0 amide bonds. The summed E-state index contributed by atoms with van der Waals surface area (Å²) in [5, 5.41) is 42.7. The topological polar surface area (TPSA) is 169 Å². The molecule has 3 rings (SSSR count). The third-order valence-corrected chi connectivity index (χ3v) is 12.4. The van der Waals surface area contributed by atoms with Crippen molar-refractivity contribution in [2.24, 2.45) is 28.8 Å². The van der Waals surface area contributed by atoms with Crippen molar-refractivity contribution < 1.29 is 48.7 Å². The van der Waals surface area contributed by atoms with Gasteiger partial charge in [-0.1, -0.05) is 25.9 Å². The summed E-state index contributed by atoms with van der Waals surface area (Å²) in [5.74, 6) is -2.05. The summed E-state index contributed by atoms with van der Waals surface area (Å²) in [6, 6.07) is -0.329. The lowest BCUT2D eigenvalue weighted by molar-refractivity contribution is -0.295. The van der Waals surface area contributed by atoms with Crippen LogP contribution in [-0.2, 0) is 33.4 Å². The van der Waals surface area contributed by atoms with Gasteiger partial charge in [-0.25, -0.2) is 0 Å². The first kappa shape index (κ1) is 43.0. The number of aliphatic hydroxyl groups is 3. The van der Waals surface area contributed by atoms with Crippen LogP contribution in [0.4, 0.5) is 0 Å². The van der Waals surface area contributed by atoms with Crippen LogP contribution in [0.25, 0.3) is 0 Å². The van der Waals surface area contributed by atoms with Crippen molar-refractivity contribution in [2.45, 2.75) is 139 Å². The number of cyclic esters (lactones) is 1. The molecule has 0 aromatic carbocycles. The van der Waals surface area contributed by atoms with E-state index in [1.165, 1.54) is 21.0 Å². The third kappa shape index (κ3) is 10.2. The number of methoxy groups -OCH3 is 1. The van der Waals surface area contributed by atoms with Gasteiger partial charge in [-0.15, -0.1) is 12.3 Å². The number of likely N-dealkylation sites (N-methyl/N-ethyl adjacent to an activating group) is 1. The van der Waals surface area contributed by atoms with Crippen LogP contribution in [0, 0.1) is 36.0 Å². The number of terminal acetylenes is 1. The molecule has 0 aromatic rings. The number of esters is 1. The Kier molecular flexibility index (Phi) is 16.0. The van der Waals surface area contributed by atoms with Crippen molar-refractivity contribution in [3.05, 3.63) is 0 Å². The predicted molar refractivity (Wildman–Crippen MR) is 196 cm³/mol. The van der Waals surface area contributed by atoms with Gasteiger partial charge in [0.1, 0.15) is 23.7 Å². The maximum absolute atomic E-state index is 14.1. The Labute approximate surface area is 311 Å². The van der Waals surface area contributed by atoms with Gasteiger partial charge >= 0.3 is 5.97 Å². The number of Topliss-reactive ketones (excluding diaryl/α,β-unsaturated/α-hetero) is 1. The van der Waals surface area contributed by atoms with Crippen LogP contribution in [-0.4, -0.2) is 130 Å². The fourth-order valence-electron chi connectivity index (χ4n) is 7.39. The number of oxime groups is 1. The molecule has 0 bridgehead atoms. The third-order valence-electron chi connectivity index (χ3n) is 10.8. The molecule has 286 valence electrons. The molecule has 0 radical (unpaired) electrons. The van der Waals surface area contributed by atoms with Crippen molar-refractivity contribution in [1.82, 2.24) is 10.2 Å². The van der Waals surface area contributed by atoms with Gasteiger partial charge in [0.25, 0.3) is 0 Å². The van der Waals surface area contributed by atoms with E-state index in [1.54, 1.807) is 36.4 Å². The number of alkyl halides is 1. The van der Waals surface area contributed by atoms with Gasteiger partial charge in [-0.05, 0) is 96.1 Å². The zero-order chi connectivity index (χ0) is 37.6. The molecule has 0 unspecified atom stereocenters. The highest BCUT2D eigenvalue weighted by molar-refractivity contribution is 14.1. The smallest absolute Gasteiger partial charge is 0.317 e. The number of hydrogen-bond acceptors (Lipinski definition) is 13. The number of halogens is 1. The molecule has 3 aliphatic heterocycles. The summed E-state index contributed by atoms with van der Waals surface area (Å²) in [5.41, 5.74) is -2.66. The van der Waals surface area contributed by atoms with Gasteiger partial charge in [0.05, 0.1) is 29.6 Å². The van der Waals surface area contributed by atoms with Crippen LogP contribution in [0.2, 0.25) is 0 Å². The lowest BCUT2D eigenvalue weighted by atomic mass is 9.75. The zero-order valence-electron chi connectivity index (χ0n) is 31.1. The van der Waals surface area contributed by atoms with E-state index in [-0.39, 0.29) is 24.7 Å². The Bertz CT molecular complexity index is 1210. The Hall–Kier alpha value is -1.42. The Morgan fingerprint density at radius 1 is 1.12 bits per heavy atom. The summed E-state index contributed by atoms with van der Waals surface area (Å²) in [6.45, 7) is 14.0. The van der Waals surface area contributed by atoms with Crippen LogP contribution < -0.4 is 5.32 Å². The molecule has 0 spiro atoms. The summed E-state index contributed by atoms with van der Waals surface area (Å²) >= 11 is 1.77. The maximum atomic E-state index is 14.1. The van der Waals surface area contributed by atoms with Crippen molar-refractivity contribution in [3.8, 4) is 12.3 Å². The van der Waals surface area contributed by atoms with Crippen LogP contribution in [0.15, 0.2) is 5.16 Å². The van der Waals surface area contributed by atoms with E-state index in [0.717, 1.165) is 25.9 Å². The minimum atomic E-state index is -1.91. The monoisotopic (exact) mass is 821 g/mol. The maximum Gasteiger partial charge on any atom is 0.317 e. The fraction of sp³-hybridized carbons (Fsp3) is 0.861. The number of hydrogen-bond donors (Lipinski definition) is 4. The molecule has 3 aliphatic rings. The number of nitrogens with zero attached hydrogens (tertiary/aromatic N) is 2. The van der Waals surface area contributed by atoms with E-state index in [4.69, 9.17) is 30.2 Å². The van der Waals surface area contributed by atoms with E-state index in [0.29, 0.717) is 25.1 Å². The van der Waals surface area contributed by atoms with Gasteiger partial charge in [0, 0.05) is 43.9 Å². The molecule has 14 heteroatoms.